The molecular formula is C10H10ClF3O2. The third-order valence-corrected chi connectivity index (χ3v) is 2.75. The first kappa shape index (κ1) is 13.3. The molecule has 6 heteroatoms. The Labute approximate surface area is 95.3 Å². The Bertz CT molecular complexity index is 392. The van der Waals surface area contributed by atoms with E-state index in [1.807, 2.05) is 0 Å². The molecule has 2 nitrogen and oxygen atoms in total. The van der Waals surface area contributed by atoms with Gasteiger partial charge in [0.1, 0.15) is 0 Å². The van der Waals surface area contributed by atoms with Crippen LogP contribution in [0.3, 0.4) is 0 Å². The van der Waals surface area contributed by atoms with E-state index in [0.29, 0.717) is 5.56 Å². The lowest BCUT2D eigenvalue weighted by molar-refractivity contribution is -0.277. The van der Waals surface area contributed by atoms with Crippen LogP contribution in [0.15, 0.2) is 18.2 Å². The molecule has 0 unspecified atom stereocenters. The molecule has 1 aromatic rings. The fraction of sp³-hybridized carbons (Fsp3) is 0.400. The third kappa shape index (κ3) is 2.16. The van der Waals surface area contributed by atoms with Gasteiger partial charge in [-0.15, -0.1) is 0 Å². The van der Waals surface area contributed by atoms with Gasteiger partial charge in [0.15, 0.2) is 0 Å². The molecular weight excluding hydrogens is 245 g/mol. The van der Waals surface area contributed by atoms with Crippen molar-refractivity contribution < 1.29 is 23.4 Å². The Morgan fingerprint density at radius 3 is 2.25 bits per heavy atom. The second-order valence-corrected chi connectivity index (χ2v) is 3.89. The van der Waals surface area contributed by atoms with Crippen LogP contribution < -0.4 is 0 Å². The second-order valence-electron chi connectivity index (χ2n) is 3.48. The Balaban J connectivity index is 3.29. The molecule has 1 aromatic carbocycles. The number of halogens is 4. The van der Waals surface area contributed by atoms with Crippen molar-refractivity contribution in [1.82, 2.24) is 0 Å². The van der Waals surface area contributed by atoms with Crippen LogP contribution in [0.5, 0.6) is 0 Å². The highest BCUT2D eigenvalue weighted by Gasteiger charge is 2.54. The molecule has 0 saturated heterocycles. The molecule has 0 aliphatic heterocycles. The predicted molar refractivity (Wildman–Crippen MR) is 53.2 cm³/mol. The summed E-state index contributed by atoms with van der Waals surface area (Å²) in [5.74, 6) is 0. The average Bonchev–Trinajstić information content (AvgIpc) is 2.19. The van der Waals surface area contributed by atoms with E-state index >= 15 is 0 Å². The summed E-state index contributed by atoms with van der Waals surface area (Å²) < 4.78 is 37.7. The van der Waals surface area contributed by atoms with Crippen LogP contribution in [0.2, 0.25) is 5.02 Å². The zero-order chi connectivity index (χ0) is 12.6. The Hall–Kier alpha value is -0.780. The van der Waals surface area contributed by atoms with Crippen LogP contribution in [0.4, 0.5) is 13.2 Å². The zero-order valence-electron chi connectivity index (χ0n) is 8.35. The lowest BCUT2D eigenvalue weighted by atomic mass is 9.93. The number of hydrogen-bond acceptors (Lipinski definition) is 2. The van der Waals surface area contributed by atoms with Gasteiger partial charge >= 0.3 is 6.18 Å². The van der Waals surface area contributed by atoms with Crippen molar-refractivity contribution in [3.63, 3.8) is 0 Å². The Morgan fingerprint density at radius 1 is 1.31 bits per heavy atom. The van der Waals surface area contributed by atoms with Crippen molar-refractivity contribution in [3.05, 3.63) is 34.3 Å². The highest BCUT2D eigenvalue weighted by molar-refractivity contribution is 6.31. The Morgan fingerprint density at radius 2 is 1.88 bits per heavy atom. The van der Waals surface area contributed by atoms with E-state index in [4.69, 9.17) is 16.7 Å². The monoisotopic (exact) mass is 254 g/mol. The largest absolute Gasteiger partial charge is 0.423 e. The molecule has 0 heterocycles. The molecule has 2 N–H and O–H groups in total. The molecule has 0 aliphatic rings. The van der Waals surface area contributed by atoms with E-state index < -0.39 is 23.9 Å². The first-order chi connectivity index (χ1) is 7.22. The van der Waals surface area contributed by atoms with Crippen molar-refractivity contribution in [3.8, 4) is 0 Å². The maximum absolute atomic E-state index is 12.6. The SMILES string of the molecule is Cc1ccc([C@@](O)(CO)C(F)(F)F)cc1Cl. The fourth-order valence-corrected chi connectivity index (χ4v) is 1.38. The summed E-state index contributed by atoms with van der Waals surface area (Å²) >= 11 is 5.67. The molecule has 0 saturated carbocycles. The van der Waals surface area contributed by atoms with E-state index in [9.17, 15) is 18.3 Å². The zero-order valence-corrected chi connectivity index (χ0v) is 9.10. The lowest BCUT2D eigenvalue weighted by Crippen LogP contribution is -2.45. The fourth-order valence-electron chi connectivity index (χ4n) is 1.19. The number of alkyl halides is 3. The number of aliphatic hydroxyl groups is 2. The summed E-state index contributed by atoms with van der Waals surface area (Å²) in [6, 6.07) is 3.44. The number of aliphatic hydroxyl groups excluding tert-OH is 1. The molecule has 0 aliphatic carbocycles. The molecule has 1 atom stereocenters. The second kappa shape index (κ2) is 4.24. The van der Waals surface area contributed by atoms with E-state index in [0.717, 1.165) is 12.1 Å². The van der Waals surface area contributed by atoms with E-state index in [1.165, 1.54) is 6.07 Å². The van der Waals surface area contributed by atoms with Gasteiger partial charge < -0.3 is 10.2 Å². The van der Waals surface area contributed by atoms with Gasteiger partial charge in [-0.05, 0) is 24.1 Å². The Kier molecular flexibility index (Phi) is 3.52. The van der Waals surface area contributed by atoms with Gasteiger partial charge in [0.2, 0.25) is 5.60 Å². The topological polar surface area (TPSA) is 40.5 Å². The minimum atomic E-state index is -4.96. The van der Waals surface area contributed by atoms with E-state index in [-0.39, 0.29) is 5.02 Å². The van der Waals surface area contributed by atoms with Crippen molar-refractivity contribution in [2.45, 2.75) is 18.7 Å². The summed E-state index contributed by atoms with van der Waals surface area (Å²) in [5.41, 5.74) is -3.16. The van der Waals surface area contributed by atoms with Crippen LogP contribution in [0, 0.1) is 6.92 Å². The first-order valence-electron chi connectivity index (χ1n) is 4.39. The summed E-state index contributed by atoms with van der Waals surface area (Å²) in [6.45, 7) is 0.174. The molecule has 0 radical (unpaired) electrons. The molecule has 0 amide bonds. The number of aryl methyl sites for hydroxylation is 1. The number of benzene rings is 1. The lowest BCUT2D eigenvalue weighted by Gasteiger charge is -2.29. The third-order valence-electron chi connectivity index (χ3n) is 2.35. The molecule has 16 heavy (non-hydrogen) atoms. The summed E-state index contributed by atoms with van der Waals surface area (Å²) in [4.78, 5) is 0. The normalized spacial score (nSPS) is 15.9. The minimum Gasteiger partial charge on any atom is -0.393 e. The van der Waals surface area contributed by atoms with Crippen LogP contribution in [-0.4, -0.2) is 23.0 Å². The van der Waals surface area contributed by atoms with Gasteiger partial charge in [-0.3, -0.25) is 0 Å². The van der Waals surface area contributed by atoms with Gasteiger partial charge in [-0.1, -0.05) is 23.7 Å². The van der Waals surface area contributed by atoms with Crippen molar-refractivity contribution in [1.29, 1.82) is 0 Å². The first-order valence-corrected chi connectivity index (χ1v) is 4.77. The molecule has 0 spiro atoms. The van der Waals surface area contributed by atoms with Crippen LogP contribution in [-0.2, 0) is 5.60 Å². The van der Waals surface area contributed by atoms with Crippen LogP contribution in [0.25, 0.3) is 0 Å². The number of hydrogen-bond donors (Lipinski definition) is 2. The maximum Gasteiger partial charge on any atom is 0.423 e. The smallest absolute Gasteiger partial charge is 0.393 e. The molecule has 0 bridgehead atoms. The number of rotatable bonds is 2. The van der Waals surface area contributed by atoms with Crippen molar-refractivity contribution in [2.75, 3.05) is 6.61 Å². The van der Waals surface area contributed by atoms with Gasteiger partial charge in [-0.2, -0.15) is 13.2 Å². The highest BCUT2D eigenvalue weighted by Crippen LogP contribution is 2.39. The van der Waals surface area contributed by atoms with E-state index in [2.05, 4.69) is 0 Å². The van der Waals surface area contributed by atoms with Gasteiger partial charge in [-0.25, -0.2) is 0 Å². The molecule has 90 valence electrons. The quantitative estimate of drug-likeness (QED) is 0.851. The maximum atomic E-state index is 12.6. The van der Waals surface area contributed by atoms with Crippen LogP contribution >= 0.6 is 11.6 Å². The molecule has 1 rings (SSSR count). The van der Waals surface area contributed by atoms with Crippen molar-refractivity contribution >= 4 is 11.6 Å². The van der Waals surface area contributed by atoms with Crippen molar-refractivity contribution in [2.24, 2.45) is 0 Å². The summed E-state index contributed by atoms with van der Waals surface area (Å²) in [5, 5.41) is 18.2. The highest BCUT2D eigenvalue weighted by atomic mass is 35.5. The molecule has 0 fully saturated rings. The minimum absolute atomic E-state index is 0.105. The van der Waals surface area contributed by atoms with Gasteiger partial charge in [0.25, 0.3) is 0 Å². The van der Waals surface area contributed by atoms with E-state index in [1.54, 1.807) is 6.92 Å². The predicted octanol–water partition coefficient (Wildman–Crippen LogP) is 2.39. The standard InChI is InChI=1S/C10H10ClF3O2/c1-6-2-3-7(4-8(6)11)9(16,5-15)10(12,13)14/h2-4,15-16H,5H2,1H3/t9-/m0/s1. The summed E-state index contributed by atoms with van der Waals surface area (Å²) in [7, 11) is 0. The summed E-state index contributed by atoms with van der Waals surface area (Å²) in [6.07, 6.45) is -4.96. The molecule has 0 aromatic heterocycles. The van der Waals surface area contributed by atoms with Gasteiger partial charge in [0.05, 0.1) is 6.61 Å². The average molecular weight is 255 g/mol. The van der Waals surface area contributed by atoms with Gasteiger partial charge in [0, 0.05) is 5.02 Å². The van der Waals surface area contributed by atoms with Crippen LogP contribution in [0.1, 0.15) is 11.1 Å².